The summed E-state index contributed by atoms with van der Waals surface area (Å²) in [6.45, 7) is 1.82. The minimum Gasteiger partial charge on any atom is -0.455 e. The van der Waals surface area contributed by atoms with Crippen LogP contribution in [0, 0.1) is 6.92 Å². The predicted octanol–water partition coefficient (Wildman–Crippen LogP) is 5.39. The van der Waals surface area contributed by atoms with Crippen LogP contribution in [0.15, 0.2) is 83.2 Å². The number of aromatic amines is 2. The number of nitrogens with one attached hydrogen (secondary N) is 2. The highest BCUT2D eigenvalue weighted by Crippen LogP contribution is 2.38. The first kappa shape index (κ1) is 19.8. The second-order valence-corrected chi connectivity index (χ2v) is 7.97. The van der Waals surface area contributed by atoms with E-state index in [1.807, 2.05) is 49.4 Å². The second kappa shape index (κ2) is 8.16. The molecule has 0 radical (unpaired) electrons. The first-order chi connectivity index (χ1) is 15.6. The number of anilines is 2. The van der Waals surface area contributed by atoms with Crippen molar-refractivity contribution in [1.82, 2.24) is 15.0 Å². The highest BCUT2D eigenvalue weighted by atomic mass is 32.1. The summed E-state index contributed by atoms with van der Waals surface area (Å²) in [5, 5.41) is 3.46. The summed E-state index contributed by atoms with van der Waals surface area (Å²) in [7, 11) is 0. The molecule has 2 N–H and O–H groups in total. The molecule has 0 aliphatic rings. The third kappa shape index (κ3) is 3.57. The lowest BCUT2D eigenvalue weighted by molar-refractivity contribution is 0.0994. The Bertz CT molecular complexity index is 1460. The van der Waals surface area contributed by atoms with Crippen LogP contribution in [0.25, 0.3) is 10.8 Å². The van der Waals surface area contributed by atoms with Crippen molar-refractivity contribution in [2.75, 3.05) is 4.90 Å². The lowest BCUT2D eigenvalue weighted by atomic mass is 10.2. The number of aromatic nitrogens is 3. The largest absolute Gasteiger partial charge is 0.455 e. The number of H-pyrrole nitrogens is 2. The van der Waals surface area contributed by atoms with Gasteiger partial charge in [0.25, 0.3) is 11.5 Å². The van der Waals surface area contributed by atoms with Gasteiger partial charge in [0.05, 0.1) is 11.1 Å². The van der Waals surface area contributed by atoms with Gasteiger partial charge in [-0.25, -0.2) is 9.88 Å². The summed E-state index contributed by atoms with van der Waals surface area (Å²) in [5.74, 6) is 0.717. The number of thiazole rings is 1. The van der Waals surface area contributed by atoms with Crippen LogP contribution in [0.3, 0.4) is 0 Å². The van der Waals surface area contributed by atoms with Gasteiger partial charge in [0, 0.05) is 28.9 Å². The molecule has 0 bridgehead atoms. The number of para-hydroxylation sites is 3. The highest BCUT2D eigenvalue weighted by molar-refractivity contribution is 7.14. The third-order valence-electron chi connectivity index (χ3n) is 5.00. The van der Waals surface area contributed by atoms with E-state index in [0.717, 1.165) is 5.69 Å². The van der Waals surface area contributed by atoms with Crippen LogP contribution in [-0.4, -0.2) is 20.9 Å². The number of carbonyl (C=O) groups is 1. The Morgan fingerprint density at radius 1 is 1.09 bits per heavy atom. The minimum atomic E-state index is -0.415. The zero-order valence-corrected chi connectivity index (χ0v) is 17.8. The molecule has 8 heteroatoms. The normalized spacial score (nSPS) is 10.9. The van der Waals surface area contributed by atoms with Crippen LogP contribution < -0.4 is 15.2 Å². The maximum absolute atomic E-state index is 13.7. The van der Waals surface area contributed by atoms with Crippen molar-refractivity contribution in [3.05, 3.63) is 100 Å². The zero-order chi connectivity index (χ0) is 22.1. The van der Waals surface area contributed by atoms with Crippen molar-refractivity contribution >= 4 is 38.8 Å². The highest BCUT2D eigenvalue weighted by Gasteiger charge is 2.26. The van der Waals surface area contributed by atoms with Crippen LogP contribution in [0.1, 0.15) is 16.2 Å². The van der Waals surface area contributed by atoms with Gasteiger partial charge < -0.3 is 14.7 Å². The van der Waals surface area contributed by atoms with E-state index in [4.69, 9.17) is 4.74 Å². The van der Waals surface area contributed by atoms with E-state index >= 15 is 0 Å². The monoisotopic (exact) mass is 442 g/mol. The molecular formula is C24H18N4O3S. The first-order valence-corrected chi connectivity index (χ1v) is 10.8. The molecule has 0 saturated carbocycles. The minimum absolute atomic E-state index is 0.159. The second-order valence-electron chi connectivity index (χ2n) is 7.09. The van der Waals surface area contributed by atoms with Crippen LogP contribution >= 0.6 is 11.3 Å². The van der Waals surface area contributed by atoms with Gasteiger partial charge in [-0.2, -0.15) is 0 Å². The molecule has 3 heterocycles. The van der Waals surface area contributed by atoms with E-state index in [-0.39, 0.29) is 11.3 Å². The van der Waals surface area contributed by atoms with E-state index in [1.165, 1.54) is 16.2 Å². The van der Waals surface area contributed by atoms with E-state index in [2.05, 4.69) is 15.0 Å². The van der Waals surface area contributed by atoms with E-state index < -0.39 is 5.91 Å². The molecule has 0 spiro atoms. The van der Waals surface area contributed by atoms with Gasteiger partial charge in [0.2, 0.25) is 0 Å². The molecular weight excluding hydrogens is 424 g/mol. The van der Waals surface area contributed by atoms with Crippen molar-refractivity contribution in [2.24, 2.45) is 0 Å². The van der Waals surface area contributed by atoms with Gasteiger partial charge >= 0.3 is 0 Å². The number of aryl methyl sites for hydroxylation is 1. The molecule has 0 aliphatic carbocycles. The van der Waals surface area contributed by atoms with Crippen molar-refractivity contribution in [3.63, 3.8) is 0 Å². The summed E-state index contributed by atoms with van der Waals surface area (Å²) < 4.78 is 6.08. The summed E-state index contributed by atoms with van der Waals surface area (Å²) in [4.78, 5) is 37.9. The number of fused-ring (bicyclic) bond motifs is 1. The molecule has 0 saturated heterocycles. The molecule has 5 aromatic rings. The van der Waals surface area contributed by atoms with Gasteiger partial charge in [-0.05, 0) is 37.3 Å². The summed E-state index contributed by atoms with van der Waals surface area (Å²) >= 11 is 1.32. The quantitative estimate of drug-likeness (QED) is 0.382. The van der Waals surface area contributed by atoms with Crippen LogP contribution in [0.5, 0.6) is 11.5 Å². The zero-order valence-electron chi connectivity index (χ0n) is 17.0. The van der Waals surface area contributed by atoms with Crippen molar-refractivity contribution in [3.8, 4) is 11.5 Å². The number of nitrogens with zero attached hydrogens (tertiary/aromatic N) is 2. The summed E-state index contributed by atoms with van der Waals surface area (Å²) in [5.41, 5.74) is 1.10. The molecule has 32 heavy (non-hydrogen) atoms. The molecule has 7 nitrogen and oxygen atoms in total. The van der Waals surface area contributed by atoms with Gasteiger partial charge in [-0.15, -0.1) is 11.3 Å². The SMILES string of the molecule is Cc1[nH]cc2cc(C(=O)N(c3nccs3)c3ccccc3Oc3ccccc3)[nH]c(=O)c12. The third-order valence-corrected chi connectivity index (χ3v) is 5.76. The molecule has 0 aliphatic heterocycles. The molecule has 0 atom stereocenters. The van der Waals surface area contributed by atoms with Crippen LogP contribution in [0.4, 0.5) is 10.8 Å². The van der Waals surface area contributed by atoms with E-state index in [1.54, 1.807) is 36.0 Å². The Balaban J connectivity index is 1.63. The summed E-state index contributed by atoms with van der Waals surface area (Å²) in [6, 6.07) is 18.2. The molecule has 1 amide bonds. The average Bonchev–Trinajstić information content (AvgIpc) is 3.46. The smallest absolute Gasteiger partial charge is 0.281 e. The number of hydrogen-bond donors (Lipinski definition) is 2. The molecule has 0 fully saturated rings. The average molecular weight is 443 g/mol. The molecule has 0 unspecified atom stereocenters. The fourth-order valence-electron chi connectivity index (χ4n) is 3.54. The van der Waals surface area contributed by atoms with Gasteiger partial charge in [0.15, 0.2) is 10.9 Å². The molecule has 5 rings (SSSR count). The Labute approximate surface area is 186 Å². The maximum atomic E-state index is 13.7. The van der Waals surface area contributed by atoms with Gasteiger partial charge in [-0.1, -0.05) is 30.3 Å². The van der Waals surface area contributed by atoms with Crippen molar-refractivity contribution < 1.29 is 9.53 Å². The van der Waals surface area contributed by atoms with E-state index in [9.17, 15) is 9.59 Å². The number of carbonyl (C=O) groups excluding carboxylic acids is 1. The fraction of sp³-hybridized carbons (Fsp3) is 0.0417. The predicted molar refractivity (Wildman–Crippen MR) is 125 cm³/mol. The van der Waals surface area contributed by atoms with Gasteiger partial charge in [0.1, 0.15) is 11.4 Å². The number of benzene rings is 2. The number of ether oxygens (including phenoxy) is 1. The van der Waals surface area contributed by atoms with E-state index in [0.29, 0.717) is 33.1 Å². The first-order valence-electron chi connectivity index (χ1n) is 9.89. The topological polar surface area (TPSA) is 91.1 Å². The fourth-order valence-corrected chi connectivity index (χ4v) is 4.20. The Morgan fingerprint density at radius 2 is 1.88 bits per heavy atom. The lowest BCUT2D eigenvalue weighted by Gasteiger charge is -2.22. The van der Waals surface area contributed by atoms with Crippen LogP contribution in [-0.2, 0) is 0 Å². The molecule has 2 aromatic carbocycles. The standard InChI is InChI=1S/C24H18N4O3S/c1-15-21-16(14-26-15)13-18(27-22(21)29)23(30)28(24-25-11-12-32-24)19-9-5-6-10-20(19)31-17-7-3-2-4-8-17/h2-14,26H,1H3,(H,27,29). The van der Waals surface area contributed by atoms with Crippen molar-refractivity contribution in [1.29, 1.82) is 0 Å². The Hall–Kier alpha value is -4.17. The number of pyridine rings is 1. The molecule has 3 aromatic heterocycles. The Morgan fingerprint density at radius 3 is 2.66 bits per heavy atom. The lowest BCUT2D eigenvalue weighted by Crippen LogP contribution is -2.28. The number of amides is 1. The van der Waals surface area contributed by atoms with Crippen LogP contribution in [0.2, 0.25) is 0 Å². The van der Waals surface area contributed by atoms with Gasteiger partial charge in [-0.3, -0.25) is 9.59 Å². The maximum Gasteiger partial charge on any atom is 0.281 e. The van der Waals surface area contributed by atoms with Crippen molar-refractivity contribution in [2.45, 2.75) is 6.92 Å². The molecule has 158 valence electrons. The summed E-state index contributed by atoms with van der Waals surface area (Å²) in [6.07, 6.45) is 3.35. The number of rotatable bonds is 5. The number of hydrogen-bond acceptors (Lipinski definition) is 5. The Kier molecular flexibility index (Phi) is 5.04.